The first kappa shape index (κ1) is 114. The average Bonchev–Trinajstić information content (AvgIpc) is 0.903. The van der Waals surface area contributed by atoms with Crippen LogP contribution in [-0.2, 0) is 55.8 Å². The topological polar surface area (TPSA) is 231 Å². The van der Waals surface area contributed by atoms with Gasteiger partial charge in [0.2, 0.25) is 0 Å². The van der Waals surface area contributed by atoms with Crippen molar-refractivity contribution in [2.45, 2.75) is 424 Å². The monoisotopic (exact) mass is 1710 g/mol. The van der Waals surface area contributed by atoms with Crippen LogP contribution in [0.3, 0.4) is 0 Å². The summed E-state index contributed by atoms with van der Waals surface area (Å²) in [6, 6.07) is 0. The first-order valence-corrected chi connectivity index (χ1v) is 50.8. The molecule has 0 spiro atoms. The van der Waals surface area contributed by atoms with Crippen LogP contribution in [0, 0.1) is 0 Å². The molecule has 0 aliphatic carbocycles. The number of phosphoric ester groups is 2. The van der Waals surface area contributed by atoms with E-state index in [0.717, 1.165) is 154 Å². The van der Waals surface area contributed by atoms with Crippen LogP contribution in [0.4, 0.5) is 0 Å². The summed E-state index contributed by atoms with van der Waals surface area (Å²) in [5, 5.41) is 20.7. The Bertz CT molecular complexity index is 2790. The number of carbonyl (C=O) groups excluding carboxylic acids is 3. The molecule has 4 N–H and O–H groups in total. The molecule has 0 aliphatic rings. The standard InChI is InChI=1S/C101H174O16P2/c1-4-7-10-13-16-19-22-25-28-31-34-36-38-40-42-44-46-47-49-51-52-54-56-58-61-63-66-69-72-75-78-81-84-87-99(104)111-90-96(102)91-113-118(107,108)114-92-97(103)93-115-119(109,110)116-95-98(117-101(106)89-86-83-80-77-74-71-68-65-60-33-30-27-24-21-18-15-12-9-6-3)94-112-100(105)88-85-82-79-76-73-70-67-64-62-59-57-55-53-50-48-45-43-41-39-37-35-32-29-26-23-20-17-14-11-8-5-2/h8-9,11-12,16-21,25-30,34-37,40-43,60,65,96-98,102-103H,4-7,10,13-15,22-24,31-33,38-39,44-59,61-64,66-95H2,1-3H3,(H,107,108)(H,109,110)/b11-8-,12-9-,19-16-,20-17-,21-18-,28-25-,29-26-,30-27-,36-34-,37-35-,42-40-,43-41-,65-60-. The van der Waals surface area contributed by atoms with Gasteiger partial charge < -0.3 is 34.2 Å². The summed E-state index contributed by atoms with van der Waals surface area (Å²) in [6.07, 6.45) is 119. The minimum atomic E-state index is -4.95. The third-order valence-corrected chi connectivity index (χ3v) is 22.1. The van der Waals surface area contributed by atoms with Crippen LogP contribution >= 0.6 is 15.6 Å². The summed E-state index contributed by atoms with van der Waals surface area (Å²) in [7, 11) is -9.81. The molecular weight excluding hydrogens is 1530 g/mol. The lowest BCUT2D eigenvalue weighted by molar-refractivity contribution is -0.161. The number of phosphoric acid groups is 2. The summed E-state index contributed by atoms with van der Waals surface area (Å²) in [6.45, 7) is 2.47. The molecular formula is C101H174O16P2. The van der Waals surface area contributed by atoms with Crippen LogP contribution < -0.4 is 0 Å². The number of hydrogen-bond acceptors (Lipinski definition) is 14. The summed E-state index contributed by atoms with van der Waals surface area (Å²) in [4.78, 5) is 59.0. The third-order valence-electron chi connectivity index (χ3n) is 20.2. The second kappa shape index (κ2) is 92.4. The Morgan fingerprint density at radius 3 is 0.706 bits per heavy atom. The number of carbonyl (C=O) groups is 3. The van der Waals surface area contributed by atoms with Crippen LogP contribution in [0.25, 0.3) is 0 Å². The van der Waals surface area contributed by atoms with Crippen molar-refractivity contribution in [1.82, 2.24) is 0 Å². The van der Waals surface area contributed by atoms with Gasteiger partial charge in [0.15, 0.2) is 6.10 Å². The van der Waals surface area contributed by atoms with Crippen LogP contribution in [0.5, 0.6) is 0 Å². The molecule has 684 valence electrons. The van der Waals surface area contributed by atoms with E-state index in [0.29, 0.717) is 19.3 Å². The van der Waals surface area contributed by atoms with Crippen molar-refractivity contribution in [3.05, 3.63) is 158 Å². The van der Waals surface area contributed by atoms with E-state index in [4.69, 9.17) is 32.3 Å². The second-order valence-corrected chi connectivity index (χ2v) is 34.7. The Balaban J connectivity index is 4.52. The zero-order valence-electron chi connectivity index (χ0n) is 75.5. The summed E-state index contributed by atoms with van der Waals surface area (Å²) in [5.74, 6) is -1.58. The molecule has 0 saturated heterocycles. The van der Waals surface area contributed by atoms with Crippen molar-refractivity contribution in [2.24, 2.45) is 0 Å². The summed E-state index contributed by atoms with van der Waals surface area (Å²) in [5.41, 5.74) is 0. The van der Waals surface area contributed by atoms with E-state index in [1.165, 1.54) is 193 Å². The van der Waals surface area contributed by atoms with Crippen molar-refractivity contribution in [3.8, 4) is 0 Å². The second-order valence-electron chi connectivity index (χ2n) is 31.8. The minimum absolute atomic E-state index is 0.0860. The molecule has 0 aliphatic heterocycles. The Morgan fingerprint density at radius 2 is 0.445 bits per heavy atom. The number of allylic oxidation sites excluding steroid dienone is 26. The smallest absolute Gasteiger partial charge is 0.463 e. The van der Waals surface area contributed by atoms with Gasteiger partial charge >= 0.3 is 33.6 Å². The molecule has 0 aromatic rings. The van der Waals surface area contributed by atoms with Crippen molar-refractivity contribution in [2.75, 3.05) is 39.6 Å². The van der Waals surface area contributed by atoms with Gasteiger partial charge in [-0.3, -0.25) is 32.5 Å². The molecule has 18 heteroatoms. The molecule has 0 fully saturated rings. The predicted octanol–water partition coefficient (Wildman–Crippen LogP) is 29.7. The van der Waals surface area contributed by atoms with E-state index in [-0.39, 0.29) is 19.3 Å². The number of aliphatic hydroxyl groups is 2. The van der Waals surface area contributed by atoms with Crippen molar-refractivity contribution in [3.63, 3.8) is 0 Å². The lowest BCUT2D eigenvalue weighted by atomic mass is 10.0. The van der Waals surface area contributed by atoms with Gasteiger partial charge in [0.1, 0.15) is 25.4 Å². The van der Waals surface area contributed by atoms with Gasteiger partial charge in [-0.05, 0) is 148 Å². The van der Waals surface area contributed by atoms with Crippen molar-refractivity contribution in [1.29, 1.82) is 0 Å². The normalized spacial score (nSPS) is 14.4. The van der Waals surface area contributed by atoms with Crippen LogP contribution in [0.2, 0.25) is 0 Å². The number of aliphatic hydroxyl groups excluding tert-OH is 2. The van der Waals surface area contributed by atoms with Gasteiger partial charge in [-0.1, -0.05) is 397 Å². The quantitative estimate of drug-likeness (QED) is 0.0146. The first-order valence-electron chi connectivity index (χ1n) is 47.8. The van der Waals surface area contributed by atoms with Gasteiger partial charge in [0, 0.05) is 19.3 Å². The van der Waals surface area contributed by atoms with Crippen LogP contribution in [0.15, 0.2) is 158 Å². The lowest BCUT2D eigenvalue weighted by Gasteiger charge is -2.21. The molecule has 0 aromatic heterocycles. The molecule has 0 aromatic carbocycles. The van der Waals surface area contributed by atoms with Crippen molar-refractivity contribution < 1.29 is 75.8 Å². The Kier molecular flexibility index (Phi) is 88.6. The Labute approximate surface area is 727 Å². The fourth-order valence-corrected chi connectivity index (χ4v) is 14.6. The molecule has 0 radical (unpaired) electrons. The first-order chi connectivity index (χ1) is 58.2. The van der Waals surface area contributed by atoms with E-state index >= 15 is 0 Å². The number of hydrogen-bond donors (Lipinski definition) is 4. The number of unbranched alkanes of at least 4 members (excludes halogenated alkanes) is 41. The van der Waals surface area contributed by atoms with E-state index in [1.54, 1.807) is 0 Å². The lowest BCUT2D eigenvalue weighted by Crippen LogP contribution is -2.30. The zero-order chi connectivity index (χ0) is 86.5. The molecule has 0 heterocycles. The molecule has 119 heavy (non-hydrogen) atoms. The molecule has 0 saturated carbocycles. The Morgan fingerprint density at radius 1 is 0.244 bits per heavy atom. The van der Waals surface area contributed by atoms with E-state index in [2.05, 4.69) is 179 Å². The number of ether oxygens (including phenoxy) is 3. The summed E-state index contributed by atoms with van der Waals surface area (Å²) < 4.78 is 61.5. The van der Waals surface area contributed by atoms with Gasteiger partial charge in [-0.2, -0.15) is 0 Å². The SMILES string of the molecule is CC/C=C\C/C=C\C/C=C\C/C=C\C/C=C\CCCCCCCCCCCCCCCCCC(=O)OCC(COP(=O)(O)OCC(O)COP(=O)(O)OCC(O)COC(=O)CCCCCCCCCCCCCCCCCCC/C=C\C/C=C\C/C=C\C/C=C\CCCCC)OC(=O)CCCCCCCC/C=C\C/C=C\C/C=C\C/C=C\CC. The van der Waals surface area contributed by atoms with E-state index < -0.39 is 91.5 Å². The zero-order valence-corrected chi connectivity index (χ0v) is 77.3. The van der Waals surface area contributed by atoms with Crippen LogP contribution in [-0.4, -0.2) is 95.9 Å². The van der Waals surface area contributed by atoms with Crippen LogP contribution in [0.1, 0.15) is 406 Å². The molecule has 5 atom stereocenters. The molecule has 0 bridgehead atoms. The predicted molar refractivity (Wildman–Crippen MR) is 500 cm³/mol. The van der Waals surface area contributed by atoms with E-state index in [1.807, 2.05) is 0 Å². The largest absolute Gasteiger partial charge is 0.472 e. The highest BCUT2D eigenvalue weighted by molar-refractivity contribution is 7.47. The highest BCUT2D eigenvalue weighted by Gasteiger charge is 2.30. The van der Waals surface area contributed by atoms with Gasteiger partial charge in [-0.15, -0.1) is 0 Å². The molecule has 0 rings (SSSR count). The fourth-order valence-electron chi connectivity index (χ4n) is 13.0. The summed E-state index contributed by atoms with van der Waals surface area (Å²) >= 11 is 0. The van der Waals surface area contributed by atoms with Gasteiger partial charge in [-0.25, -0.2) is 9.13 Å². The molecule has 16 nitrogen and oxygen atoms in total. The minimum Gasteiger partial charge on any atom is -0.463 e. The maximum atomic E-state index is 13.1. The Hall–Kier alpha value is -4.83. The highest BCUT2D eigenvalue weighted by atomic mass is 31.2. The average molecular weight is 1710 g/mol. The van der Waals surface area contributed by atoms with Gasteiger partial charge in [0.25, 0.3) is 0 Å². The maximum absolute atomic E-state index is 13.1. The molecule has 0 amide bonds. The number of rotatable bonds is 90. The third kappa shape index (κ3) is 93.7. The van der Waals surface area contributed by atoms with Gasteiger partial charge in [0.05, 0.1) is 26.4 Å². The number of esters is 3. The van der Waals surface area contributed by atoms with Crippen molar-refractivity contribution >= 4 is 33.6 Å². The van der Waals surface area contributed by atoms with E-state index in [9.17, 15) is 43.5 Å². The fraction of sp³-hybridized carbons (Fsp3) is 0.713. The highest BCUT2D eigenvalue weighted by Crippen LogP contribution is 2.45. The molecule has 5 unspecified atom stereocenters. The maximum Gasteiger partial charge on any atom is 0.472 e.